The van der Waals surface area contributed by atoms with Crippen LogP contribution >= 0.6 is 0 Å². The second-order valence-electron chi connectivity index (χ2n) is 4.60. The van der Waals surface area contributed by atoms with Crippen LogP contribution in [0.5, 0.6) is 0 Å². The van der Waals surface area contributed by atoms with Crippen molar-refractivity contribution in [3.05, 3.63) is 12.3 Å². The highest BCUT2D eigenvalue weighted by molar-refractivity contribution is 5.88. The van der Waals surface area contributed by atoms with Crippen molar-refractivity contribution in [2.75, 3.05) is 6.61 Å². The molecule has 18 heavy (non-hydrogen) atoms. The highest BCUT2D eigenvalue weighted by Gasteiger charge is 2.50. The van der Waals surface area contributed by atoms with Crippen molar-refractivity contribution in [1.29, 1.82) is 0 Å². The number of amides is 1. The maximum atomic E-state index is 11.1. The number of carbonyl (C=O) groups excluding carboxylic acids is 1. The predicted molar refractivity (Wildman–Crippen MR) is 60.7 cm³/mol. The highest BCUT2D eigenvalue weighted by Crippen LogP contribution is 2.36. The molecule has 1 fully saturated rings. The van der Waals surface area contributed by atoms with E-state index in [0.29, 0.717) is 6.42 Å². The zero-order valence-corrected chi connectivity index (χ0v) is 10.1. The minimum absolute atomic E-state index is 0.196. The molecule has 0 saturated carbocycles. The summed E-state index contributed by atoms with van der Waals surface area (Å²) >= 11 is 0. The summed E-state index contributed by atoms with van der Waals surface area (Å²) in [5.41, 5.74) is -1.17. The Balaban J connectivity index is 2.20. The first-order valence-electron chi connectivity index (χ1n) is 5.93. The number of nitrogens with zero attached hydrogens (tertiary/aromatic N) is 1. The highest BCUT2D eigenvalue weighted by atomic mass is 16.6. The molecule has 7 heteroatoms. The van der Waals surface area contributed by atoms with Crippen molar-refractivity contribution < 1.29 is 24.9 Å². The first-order chi connectivity index (χ1) is 8.50. The Hall–Kier alpha value is -1.15. The third kappa shape index (κ3) is 2.22. The Morgan fingerprint density at radius 3 is 2.94 bits per heavy atom. The summed E-state index contributed by atoms with van der Waals surface area (Å²) in [6, 6.07) is 0. The third-order valence-electron chi connectivity index (χ3n) is 3.40. The van der Waals surface area contributed by atoms with E-state index in [9.17, 15) is 15.0 Å². The first kappa shape index (κ1) is 13.3. The molecular weight excluding hydrogens is 240 g/mol. The maximum Gasteiger partial charge on any atom is 0.248 e. The minimum atomic E-state index is -1.25. The SMILES string of the molecule is CCC1(O)CC(CO)OC1N1C=CC(=O)NC1O. The molecular formula is C11H18N2O5. The van der Waals surface area contributed by atoms with Crippen LogP contribution in [0.15, 0.2) is 12.3 Å². The molecule has 2 aliphatic rings. The van der Waals surface area contributed by atoms with Crippen LogP contribution in [0.1, 0.15) is 19.8 Å². The molecule has 0 spiro atoms. The van der Waals surface area contributed by atoms with Crippen molar-refractivity contribution in [1.82, 2.24) is 10.2 Å². The van der Waals surface area contributed by atoms with Gasteiger partial charge >= 0.3 is 0 Å². The fourth-order valence-electron chi connectivity index (χ4n) is 2.32. The lowest BCUT2D eigenvalue weighted by Gasteiger charge is -2.39. The van der Waals surface area contributed by atoms with Crippen molar-refractivity contribution in [3.8, 4) is 0 Å². The second kappa shape index (κ2) is 4.85. The Kier molecular flexibility index (Phi) is 3.58. The largest absolute Gasteiger partial charge is 0.394 e. The minimum Gasteiger partial charge on any atom is -0.394 e. The summed E-state index contributed by atoms with van der Waals surface area (Å²) in [7, 11) is 0. The van der Waals surface area contributed by atoms with Gasteiger partial charge in [-0.05, 0) is 6.42 Å². The number of ether oxygens (including phenoxy) is 1. The van der Waals surface area contributed by atoms with Gasteiger partial charge in [-0.15, -0.1) is 0 Å². The molecule has 4 unspecified atom stereocenters. The van der Waals surface area contributed by atoms with Crippen molar-refractivity contribution >= 4 is 5.91 Å². The Bertz CT molecular complexity index is 361. The van der Waals surface area contributed by atoms with Gasteiger partial charge in [-0.2, -0.15) is 0 Å². The van der Waals surface area contributed by atoms with Crippen LogP contribution < -0.4 is 5.32 Å². The quantitative estimate of drug-likeness (QED) is 0.489. The molecule has 0 bridgehead atoms. The van der Waals surface area contributed by atoms with Gasteiger partial charge in [0.05, 0.1) is 12.7 Å². The van der Waals surface area contributed by atoms with E-state index in [0.717, 1.165) is 0 Å². The molecule has 102 valence electrons. The van der Waals surface area contributed by atoms with Crippen LogP contribution in [0.4, 0.5) is 0 Å². The van der Waals surface area contributed by atoms with Crippen LogP contribution in [0.2, 0.25) is 0 Å². The number of nitrogens with one attached hydrogen (secondary N) is 1. The molecule has 2 aliphatic heterocycles. The van der Waals surface area contributed by atoms with Gasteiger partial charge in [0.2, 0.25) is 12.3 Å². The molecule has 2 rings (SSSR count). The molecule has 0 aromatic heterocycles. The van der Waals surface area contributed by atoms with Crippen LogP contribution in [0.25, 0.3) is 0 Å². The number of aliphatic hydroxyl groups is 3. The zero-order valence-electron chi connectivity index (χ0n) is 10.1. The second-order valence-corrected chi connectivity index (χ2v) is 4.60. The van der Waals surface area contributed by atoms with E-state index in [1.54, 1.807) is 6.92 Å². The van der Waals surface area contributed by atoms with E-state index in [4.69, 9.17) is 9.84 Å². The van der Waals surface area contributed by atoms with E-state index in [2.05, 4.69) is 5.32 Å². The van der Waals surface area contributed by atoms with Crippen LogP contribution in [0, 0.1) is 0 Å². The van der Waals surface area contributed by atoms with Gasteiger partial charge in [-0.3, -0.25) is 4.79 Å². The topological polar surface area (TPSA) is 102 Å². The number of rotatable bonds is 3. The lowest BCUT2D eigenvalue weighted by Crippen LogP contribution is -2.58. The fraction of sp³-hybridized carbons (Fsp3) is 0.727. The van der Waals surface area contributed by atoms with E-state index < -0.39 is 30.2 Å². The Labute approximate surface area is 105 Å². The van der Waals surface area contributed by atoms with Crippen molar-refractivity contribution in [3.63, 3.8) is 0 Å². The Morgan fingerprint density at radius 2 is 2.39 bits per heavy atom. The third-order valence-corrected chi connectivity index (χ3v) is 3.40. The van der Waals surface area contributed by atoms with Gasteiger partial charge in [-0.1, -0.05) is 6.92 Å². The summed E-state index contributed by atoms with van der Waals surface area (Å²) < 4.78 is 5.53. The average Bonchev–Trinajstić information content (AvgIpc) is 2.68. The van der Waals surface area contributed by atoms with Gasteiger partial charge in [-0.25, -0.2) is 0 Å². The predicted octanol–water partition coefficient (Wildman–Crippen LogP) is -1.54. The van der Waals surface area contributed by atoms with Gasteiger partial charge in [0.1, 0.15) is 5.60 Å². The van der Waals surface area contributed by atoms with Crippen molar-refractivity contribution in [2.45, 2.75) is 44.1 Å². The van der Waals surface area contributed by atoms with Gasteiger partial charge < -0.3 is 30.3 Å². The molecule has 4 atom stereocenters. The average molecular weight is 258 g/mol. The molecule has 1 amide bonds. The maximum absolute atomic E-state index is 11.1. The van der Waals surface area contributed by atoms with Crippen LogP contribution in [0.3, 0.4) is 0 Å². The molecule has 7 nitrogen and oxygen atoms in total. The summed E-state index contributed by atoms with van der Waals surface area (Å²) in [5, 5.41) is 31.7. The van der Waals surface area contributed by atoms with Crippen LogP contribution in [-0.4, -0.2) is 57.0 Å². The standard InChI is InChI=1S/C11H18N2O5/c1-2-11(17)5-7(6-14)18-9(11)13-4-3-8(15)12-10(13)16/h3-4,7,9-10,14,16-17H,2,5-6H2,1H3,(H,12,15). The van der Waals surface area contributed by atoms with Gasteiger partial charge in [0.15, 0.2) is 6.23 Å². The van der Waals surface area contributed by atoms with E-state index >= 15 is 0 Å². The molecule has 0 radical (unpaired) electrons. The molecule has 0 aromatic rings. The number of carbonyl (C=O) groups is 1. The summed E-state index contributed by atoms with van der Waals surface area (Å²) in [4.78, 5) is 12.4. The first-order valence-corrected chi connectivity index (χ1v) is 5.93. The number of hydrogen-bond donors (Lipinski definition) is 4. The summed E-state index contributed by atoms with van der Waals surface area (Å²) in [6.45, 7) is 1.60. The summed E-state index contributed by atoms with van der Waals surface area (Å²) in [5.74, 6) is -0.407. The zero-order chi connectivity index (χ0) is 13.3. The molecule has 1 saturated heterocycles. The number of hydrogen-bond acceptors (Lipinski definition) is 6. The van der Waals surface area contributed by atoms with E-state index in [-0.39, 0.29) is 13.0 Å². The molecule has 0 aliphatic carbocycles. The smallest absolute Gasteiger partial charge is 0.248 e. The van der Waals surface area contributed by atoms with Crippen molar-refractivity contribution in [2.24, 2.45) is 0 Å². The van der Waals surface area contributed by atoms with Gasteiger partial charge in [0.25, 0.3) is 0 Å². The van der Waals surface area contributed by atoms with E-state index in [1.807, 2.05) is 0 Å². The van der Waals surface area contributed by atoms with Crippen LogP contribution in [-0.2, 0) is 9.53 Å². The lowest BCUT2D eigenvalue weighted by molar-refractivity contribution is -0.175. The molecule has 2 heterocycles. The fourth-order valence-corrected chi connectivity index (χ4v) is 2.32. The summed E-state index contributed by atoms with van der Waals surface area (Å²) in [6.07, 6.45) is 0.814. The Morgan fingerprint density at radius 1 is 1.67 bits per heavy atom. The molecule has 4 N–H and O–H groups in total. The normalized spacial score (nSPS) is 40.1. The lowest BCUT2D eigenvalue weighted by atomic mass is 9.94. The molecule has 0 aromatic carbocycles. The monoisotopic (exact) mass is 258 g/mol. The number of aliphatic hydroxyl groups excluding tert-OH is 2. The van der Waals surface area contributed by atoms with Gasteiger partial charge in [0, 0.05) is 18.7 Å². The van der Waals surface area contributed by atoms with E-state index in [1.165, 1.54) is 17.2 Å².